The minimum absolute atomic E-state index is 0.714. The standard InChI is InChI=1S/C12H14N2O2/c1-13-10-4-5-14-12-9(10)6-8(15-2)7-11(12)16-3/h4-7H,1-3H3,(H,13,14). The number of rotatable bonds is 3. The lowest BCUT2D eigenvalue weighted by atomic mass is 10.1. The van der Waals surface area contributed by atoms with Crippen molar-refractivity contribution >= 4 is 16.6 Å². The van der Waals surface area contributed by atoms with Crippen LogP contribution in [0.5, 0.6) is 11.5 Å². The molecule has 0 aliphatic rings. The van der Waals surface area contributed by atoms with Gasteiger partial charge >= 0.3 is 0 Å². The Morgan fingerprint density at radius 2 is 2.00 bits per heavy atom. The zero-order valence-electron chi connectivity index (χ0n) is 9.57. The van der Waals surface area contributed by atoms with E-state index in [0.717, 1.165) is 22.3 Å². The second kappa shape index (κ2) is 4.26. The third-order valence-electron chi connectivity index (χ3n) is 2.51. The number of aromatic nitrogens is 1. The largest absolute Gasteiger partial charge is 0.497 e. The minimum Gasteiger partial charge on any atom is -0.497 e. The second-order valence-corrected chi connectivity index (χ2v) is 3.33. The van der Waals surface area contributed by atoms with Gasteiger partial charge in [0.05, 0.1) is 14.2 Å². The van der Waals surface area contributed by atoms with Gasteiger partial charge in [-0.3, -0.25) is 4.98 Å². The van der Waals surface area contributed by atoms with Crippen molar-refractivity contribution in [3.05, 3.63) is 24.4 Å². The number of hydrogen-bond acceptors (Lipinski definition) is 4. The summed E-state index contributed by atoms with van der Waals surface area (Å²) in [5, 5.41) is 4.11. The molecule has 0 saturated carbocycles. The van der Waals surface area contributed by atoms with Crippen LogP contribution in [-0.4, -0.2) is 26.3 Å². The van der Waals surface area contributed by atoms with E-state index >= 15 is 0 Å². The van der Waals surface area contributed by atoms with Gasteiger partial charge in [0.2, 0.25) is 0 Å². The Bertz CT molecular complexity index is 512. The molecule has 2 aromatic rings. The van der Waals surface area contributed by atoms with Crippen LogP contribution < -0.4 is 14.8 Å². The van der Waals surface area contributed by atoms with Crippen molar-refractivity contribution in [2.45, 2.75) is 0 Å². The van der Waals surface area contributed by atoms with Crippen molar-refractivity contribution in [3.63, 3.8) is 0 Å². The van der Waals surface area contributed by atoms with Crippen molar-refractivity contribution in [1.82, 2.24) is 4.98 Å². The Kier molecular flexibility index (Phi) is 2.81. The van der Waals surface area contributed by atoms with Gasteiger partial charge in [-0.15, -0.1) is 0 Å². The van der Waals surface area contributed by atoms with E-state index in [9.17, 15) is 0 Å². The zero-order chi connectivity index (χ0) is 11.5. The monoisotopic (exact) mass is 218 g/mol. The highest BCUT2D eigenvalue weighted by atomic mass is 16.5. The molecule has 4 heteroatoms. The summed E-state index contributed by atoms with van der Waals surface area (Å²) in [7, 11) is 5.14. The molecule has 0 atom stereocenters. The molecule has 1 N–H and O–H groups in total. The highest BCUT2D eigenvalue weighted by Crippen LogP contribution is 2.33. The van der Waals surface area contributed by atoms with Crippen molar-refractivity contribution in [2.24, 2.45) is 0 Å². The van der Waals surface area contributed by atoms with E-state index in [4.69, 9.17) is 9.47 Å². The van der Waals surface area contributed by atoms with Gasteiger partial charge in [0.1, 0.15) is 17.0 Å². The van der Waals surface area contributed by atoms with Crippen molar-refractivity contribution in [1.29, 1.82) is 0 Å². The first-order valence-corrected chi connectivity index (χ1v) is 4.98. The van der Waals surface area contributed by atoms with E-state index < -0.39 is 0 Å². The summed E-state index contributed by atoms with van der Waals surface area (Å²) in [5.41, 5.74) is 1.83. The molecule has 1 aromatic heterocycles. The maximum Gasteiger partial charge on any atom is 0.148 e. The molecule has 0 spiro atoms. The predicted octanol–water partition coefficient (Wildman–Crippen LogP) is 2.29. The molecule has 1 heterocycles. The van der Waals surface area contributed by atoms with Crippen LogP contribution in [0.3, 0.4) is 0 Å². The third kappa shape index (κ3) is 1.62. The molecule has 84 valence electrons. The summed E-state index contributed by atoms with van der Waals surface area (Å²) in [6.07, 6.45) is 1.75. The molecule has 0 aliphatic heterocycles. The van der Waals surface area contributed by atoms with Gasteiger partial charge in [-0.25, -0.2) is 0 Å². The van der Waals surface area contributed by atoms with E-state index in [2.05, 4.69) is 10.3 Å². The van der Waals surface area contributed by atoms with E-state index in [1.807, 2.05) is 25.2 Å². The van der Waals surface area contributed by atoms with Crippen LogP contribution in [0.1, 0.15) is 0 Å². The summed E-state index contributed by atoms with van der Waals surface area (Å²) >= 11 is 0. The average molecular weight is 218 g/mol. The van der Waals surface area contributed by atoms with Crippen LogP contribution in [0.4, 0.5) is 5.69 Å². The molecule has 0 amide bonds. The summed E-state index contributed by atoms with van der Waals surface area (Å²) in [6.45, 7) is 0. The lowest BCUT2D eigenvalue weighted by molar-refractivity contribution is 0.397. The Morgan fingerprint density at radius 1 is 1.19 bits per heavy atom. The minimum atomic E-state index is 0.714. The van der Waals surface area contributed by atoms with Crippen LogP contribution in [0.25, 0.3) is 10.9 Å². The van der Waals surface area contributed by atoms with Crippen LogP contribution >= 0.6 is 0 Å². The molecule has 2 rings (SSSR count). The van der Waals surface area contributed by atoms with Crippen LogP contribution in [-0.2, 0) is 0 Å². The molecule has 4 nitrogen and oxygen atoms in total. The Balaban J connectivity index is 2.78. The first kappa shape index (κ1) is 10.5. The van der Waals surface area contributed by atoms with Crippen LogP contribution in [0.15, 0.2) is 24.4 Å². The first-order valence-electron chi connectivity index (χ1n) is 4.98. The average Bonchev–Trinajstić information content (AvgIpc) is 2.36. The van der Waals surface area contributed by atoms with Crippen molar-refractivity contribution < 1.29 is 9.47 Å². The lowest BCUT2D eigenvalue weighted by Gasteiger charge is -2.10. The lowest BCUT2D eigenvalue weighted by Crippen LogP contribution is -1.94. The van der Waals surface area contributed by atoms with Crippen LogP contribution in [0.2, 0.25) is 0 Å². The Morgan fingerprint density at radius 3 is 2.62 bits per heavy atom. The molecule has 16 heavy (non-hydrogen) atoms. The Hall–Kier alpha value is -1.97. The van der Waals surface area contributed by atoms with Crippen molar-refractivity contribution in [3.8, 4) is 11.5 Å². The fraction of sp³-hybridized carbons (Fsp3) is 0.250. The maximum atomic E-state index is 5.30. The first-order chi connectivity index (χ1) is 7.80. The highest BCUT2D eigenvalue weighted by molar-refractivity contribution is 5.95. The summed E-state index contributed by atoms with van der Waals surface area (Å²) in [5.74, 6) is 1.47. The summed E-state index contributed by atoms with van der Waals surface area (Å²) < 4.78 is 10.5. The van der Waals surface area contributed by atoms with E-state index in [0.29, 0.717) is 5.75 Å². The predicted molar refractivity (Wildman–Crippen MR) is 64.4 cm³/mol. The second-order valence-electron chi connectivity index (χ2n) is 3.33. The van der Waals surface area contributed by atoms with E-state index in [1.54, 1.807) is 20.4 Å². The molecule has 0 fully saturated rings. The summed E-state index contributed by atoms with van der Waals surface area (Å²) in [4.78, 5) is 4.32. The molecule has 0 bridgehead atoms. The fourth-order valence-electron chi connectivity index (χ4n) is 1.69. The molecule has 1 aromatic carbocycles. The van der Waals surface area contributed by atoms with Gasteiger partial charge < -0.3 is 14.8 Å². The quantitative estimate of drug-likeness (QED) is 0.858. The van der Waals surface area contributed by atoms with E-state index in [-0.39, 0.29) is 0 Å². The maximum absolute atomic E-state index is 5.30. The van der Waals surface area contributed by atoms with Crippen LogP contribution in [0, 0.1) is 0 Å². The number of fused-ring (bicyclic) bond motifs is 1. The number of benzene rings is 1. The zero-order valence-corrected chi connectivity index (χ0v) is 9.57. The smallest absolute Gasteiger partial charge is 0.148 e. The topological polar surface area (TPSA) is 43.4 Å². The molecule has 0 aliphatic carbocycles. The number of hydrogen-bond donors (Lipinski definition) is 1. The van der Waals surface area contributed by atoms with Gasteiger partial charge in [-0.05, 0) is 12.1 Å². The van der Waals surface area contributed by atoms with Gasteiger partial charge in [-0.2, -0.15) is 0 Å². The fourth-order valence-corrected chi connectivity index (χ4v) is 1.69. The normalized spacial score (nSPS) is 10.2. The SMILES string of the molecule is CNc1ccnc2c(OC)cc(OC)cc12. The Labute approximate surface area is 94.2 Å². The number of anilines is 1. The molecule has 0 unspecified atom stereocenters. The highest BCUT2D eigenvalue weighted by Gasteiger charge is 2.08. The van der Waals surface area contributed by atoms with Gasteiger partial charge in [0, 0.05) is 30.4 Å². The molecule has 0 saturated heterocycles. The number of ether oxygens (including phenoxy) is 2. The molecular weight excluding hydrogens is 204 g/mol. The number of methoxy groups -OCH3 is 2. The molecular formula is C12H14N2O2. The van der Waals surface area contributed by atoms with Gasteiger partial charge in [0.25, 0.3) is 0 Å². The number of nitrogens with zero attached hydrogens (tertiary/aromatic N) is 1. The van der Waals surface area contributed by atoms with Gasteiger partial charge in [-0.1, -0.05) is 0 Å². The van der Waals surface area contributed by atoms with Gasteiger partial charge in [0.15, 0.2) is 0 Å². The van der Waals surface area contributed by atoms with E-state index in [1.165, 1.54) is 0 Å². The van der Waals surface area contributed by atoms with Crippen molar-refractivity contribution in [2.75, 3.05) is 26.6 Å². The third-order valence-corrected chi connectivity index (χ3v) is 2.51. The summed E-state index contributed by atoms with van der Waals surface area (Å²) in [6, 6.07) is 5.69. The number of pyridine rings is 1. The number of nitrogens with one attached hydrogen (secondary N) is 1. The molecule has 0 radical (unpaired) electrons.